The Bertz CT molecular complexity index is 345. The molecule has 0 saturated heterocycles. The monoisotopic (exact) mass is 242 g/mol. The third-order valence-corrected chi connectivity index (χ3v) is 2.24. The van der Waals surface area contributed by atoms with Crippen molar-refractivity contribution < 1.29 is 9.53 Å². The number of hydrogen-bond acceptors (Lipinski definition) is 3. The molecule has 88 valence electrons. The molecule has 0 atom stereocenters. The molecule has 3 N–H and O–H groups in total. The Labute approximate surface area is 99.7 Å². The van der Waals surface area contributed by atoms with Gasteiger partial charge in [0.25, 0.3) is 0 Å². The van der Waals surface area contributed by atoms with E-state index in [9.17, 15) is 4.79 Å². The smallest absolute Gasteiger partial charge is 0.233 e. The van der Waals surface area contributed by atoms with E-state index in [1.54, 1.807) is 12.1 Å². The van der Waals surface area contributed by atoms with Crippen LogP contribution in [-0.2, 0) is 4.79 Å². The molecule has 1 amide bonds. The van der Waals surface area contributed by atoms with Gasteiger partial charge in [-0.05, 0) is 18.6 Å². The first kappa shape index (κ1) is 12.8. The molecule has 0 bridgehead atoms. The molecule has 0 aliphatic heterocycles. The van der Waals surface area contributed by atoms with Crippen LogP contribution < -0.4 is 15.8 Å². The van der Waals surface area contributed by atoms with Crippen molar-refractivity contribution in [3.8, 4) is 5.75 Å². The fraction of sp³-hybridized carbons (Fsp3) is 0.364. The van der Waals surface area contributed by atoms with Crippen LogP contribution in [-0.4, -0.2) is 25.6 Å². The number of ether oxygens (including phenoxy) is 1. The molecule has 0 aliphatic carbocycles. The maximum absolute atomic E-state index is 10.8. The summed E-state index contributed by atoms with van der Waals surface area (Å²) in [5.74, 6) is 0.507. The first-order valence-corrected chi connectivity index (χ1v) is 5.46. The Morgan fingerprint density at radius 1 is 1.44 bits per heavy atom. The highest BCUT2D eigenvalue weighted by atomic mass is 35.5. The van der Waals surface area contributed by atoms with E-state index in [0.717, 1.165) is 6.42 Å². The summed E-state index contributed by atoms with van der Waals surface area (Å²) >= 11 is 5.90. The van der Waals surface area contributed by atoms with Gasteiger partial charge in [-0.25, -0.2) is 0 Å². The highest BCUT2D eigenvalue weighted by Crippen LogP contribution is 2.22. The summed E-state index contributed by atoms with van der Waals surface area (Å²) in [6.07, 6.45) is 0.719. The van der Waals surface area contributed by atoms with Crippen molar-refractivity contribution in [2.75, 3.05) is 19.7 Å². The Balaban J connectivity index is 2.17. The number of hydrogen-bond donors (Lipinski definition) is 2. The van der Waals surface area contributed by atoms with Gasteiger partial charge in [0.05, 0.1) is 18.2 Å². The average Bonchev–Trinajstić information content (AvgIpc) is 2.30. The molecule has 0 radical (unpaired) electrons. The van der Waals surface area contributed by atoms with Gasteiger partial charge in [-0.3, -0.25) is 4.79 Å². The van der Waals surface area contributed by atoms with E-state index in [1.165, 1.54) is 0 Å². The Hall–Kier alpha value is -1.26. The molecule has 0 unspecified atom stereocenters. The molecule has 1 aromatic rings. The second-order valence-corrected chi connectivity index (χ2v) is 3.59. The predicted molar refractivity (Wildman–Crippen MR) is 63.6 cm³/mol. The molecule has 0 aromatic heterocycles. The van der Waals surface area contributed by atoms with E-state index in [1.807, 2.05) is 12.1 Å². The van der Waals surface area contributed by atoms with Crippen molar-refractivity contribution in [2.24, 2.45) is 5.73 Å². The number of nitrogens with one attached hydrogen (secondary N) is 1. The fourth-order valence-corrected chi connectivity index (χ4v) is 1.31. The Morgan fingerprint density at radius 3 is 2.88 bits per heavy atom. The second kappa shape index (κ2) is 7.09. The van der Waals surface area contributed by atoms with Crippen molar-refractivity contribution in [3.63, 3.8) is 0 Å². The average molecular weight is 243 g/mol. The van der Waals surface area contributed by atoms with Crippen molar-refractivity contribution in [3.05, 3.63) is 29.3 Å². The van der Waals surface area contributed by atoms with Gasteiger partial charge in [0, 0.05) is 6.54 Å². The van der Waals surface area contributed by atoms with Crippen LogP contribution in [0.4, 0.5) is 0 Å². The highest BCUT2D eigenvalue weighted by Gasteiger charge is 1.99. The number of rotatable bonds is 6. The molecular weight excluding hydrogens is 228 g/mol. The van der Waals surface area contributed by atoms with Crippen molar-refractivity contribution in [1.82, 2.24) is 5.32 Å². The van der Waals surface area contributed by atoms with E-state index in [2.05, 4.69) is 5.32 Å². The first-order valence-electron chi connectivity index (χ1n) is 5.08. The summed E-state index contributed by atoms with van der Waals surface area (Å²) in [6.45, 7) is 1.08. The number of carbonyl (C=O) groups is 1. The molecule has 0 saturated carbocycles. The minimum absolute atomic E-state index is 0.0192. The molecule has 0 heterocycles. The number of halogens is 1. The van der Waals surface area contributed by atoms with Gasteiger partial charge in [-0.15, -0.1) is 0 Å². The normalized spacial score (nSPS) is 9.88. The van der Waals surface area contributed by atoms with Gasteiger partial charge in [0.15, 0.2) is 0 Å². The van der Waals surface area contributed by atoms with Crippen LogP contribution in [0.5, 0.6) is 5.75 Å². The maximum atomic E-state index is 10.8. The molecule has 5 heteroatoms. The lowest BCUT2D eigenvalue weighted by Crippen LogP contribution is -2.31. The maximum Gasteiger partial charge on any atom is 0.233 e. The number of para-hydroxylation sites is 1. The summed E-state index contributed by atoms with van der Waals surface area (Å²) in [6, 6.07) is 7.28. The minimum atomic E-state index is -0.155. The number of nitrogens with two attached hydrogens (primary N) is 1. The first-order chi connectivity index (χ1) is 7.74. The molecule has 0 aliphatic rings. The van der Waals surface area contributed by atoms with Crippen molar-refractivity contribution in [2.45, 2.75) is 6.42 Å². The summed E-state index contributed by atoms with van der Waals surface area (Å²) < 4.78 is 5.44. The molecule has 1 rings (SSSR count). The van der Waals surface area contributed by atoms with Crippen molar-refractivity contribution in [1.29, 1.82) is 0 Å². The van der Waals surface area contributed by atoms with Crippen LogP contribution in [0.25, 0.3) is 0 Å². The molecule has 0 spiro atoms. The van der Waals surface area contributed by atoms with E-state index in [-0.39, 0.29) is 12.5 Å². The van der Waals surface area contributed by atoms with Crippen LogP contribution in [0.3, 0.4) is 0 Å². The van der Waals surface area contributed by atoms with E-state index in [4.69, 9.17) is 22.1 Å². The number of amides is 1. The van der Waals surface area contributed by atoms with Crippen LogP contribution in [0.1, 0.15) is 6.42 Å². The summed E-state index contributed by atoms with van der Waals surface area (Å²) in [5.41, 5.74) is 5.14. The largest absolute Gasteiger partial charge is 0.492 e. The highest BCUT2D eigenvalue weighted by molar-refractivity contribution is 6.32. The van der Waals surface area contributed by atoms with Gasteiger partial charge in [-0.2, -0.15) is 0 Å². The van der Waals surface area contributed by atoms with Crippen molar-refractivity contribution >= 4 is 17.5 Å². The van der Waals surface area contributed by atoms with Crippen LogP contribution in [0.15, 0.2) is 24.3 Å². The molecular formula is C11H15ClN2O2. The lowest BCUT2D eigenvalue weighted by molar-refractivity contribution is -0.119. The molecule has 1 aromatic carbocycles. The molecule has 0 fully saturated rings. The van der Waals surface area contributed by atoms with E-state index >= 15 is 0 Å². The number of benzene rings is 1. The Morgan fingerprint density at radius 2 is 2.19 bits per heavy atom. The van der Waals surface area contributed by atoms with Gasteiger partial charge in [-0.1, -0.05) is 23.7 Å². The lowest BCUT2D eigenvalue weighted by Gasteiger charge is -2.07. The zero-order valence-corrected chi connectivity index (χ0v) is 9.67. The topological polar surface area (TPSA) is 64.4 Å². The third kappa shape index (κ3) is 4.51. The SMILES string of the molecule is NCC(=O)NCCCOc1ccccc1Cl. The second-order valence-electron chi connectivity index (χ2n) is 3.19. The quantitative estimate of drug-likeness (QED) is 0.737. The zero-order chi connectivity index (χ0) is 11.8. The fourth-order valence-electron chi connectivity index (χ4n) is 1.12. The van der Waals surface area contributed by atoms with Gasteiger partial charge in [0.2, 0.25) is 5.91 Å². The zero-order valence-electron chi connectivity index (χ0n) is 8.91. The molecule has 16 heavy (non-hydrogen) atoms. The van der Waals surface area contributed by atoms with E-state index in [0.29, 0.717) is 23.9 Å². The van der Waals surface area contributed by atoms with Crippen LogP contribution in [0, 0.1) is 0 Å². The minimum Gasteiger partial charge on any atom is -0.492 e. The van der Waals surface area contributed by atoms with Gasteiger partial charge in [0.1, 0.15) is 5.75 Å². The standard InChI is InChI=1S/C11H15ClN2O2/c12-9-4-1-2-5-10(9)16-7-3-6-14-11(15)8-13/h1-2,4-5H,3,6-8,13H2,(H,14,15). The summed E-state index contributed by atoms with van der Waals surface area (Å²) in [7, 11) is 0. The van der Waals surface area contributed by atoms with Crippen LogP contribution in [0.2, 0.25) is 5.02 Å². The number of carbonyl (C=O) groups excluding carboxylic acids is 1. The van der Waals surface area contributed by atoms with E-state index < -0.39 is 0 Å². The van der Waals surface area contributed by atoms with Gasteiger partial charge < -0.3 is 15.8 Å². The predicted octanol–water partition coefficient (Wildman–Crippen LogP) is 1.18. The van der Waals surface area contributed by atoms with Gasteiger partial charge >= 0.3 is 0 Å². The molecule has 4 nitrogen and oxygen atoms in total. The summed E-state index contributed by atoms with van der Waals surface area (Å²) in [4.78, 5) is 10.8. The summed E-state index contributed by atoms with van der Waals surface area (Å²) in [5, 5.41) is 3.25. The Kier molecular flexibility index (Phi) is 5.67. The third-order valence-electron chi connectivity index (χ3n) is 1.92. The lowest BCUT2D eigenvalue weighted by atomic mass is 10.3. The van der Waals surface area contributed by atoms with Crippen LogP contribution >= 0.6 is 11.6 Å².